The third-order valence-corrected chi connectivity index (χ3v) is 10.2. The summed E-state index contributed by atoms with van der Waals surface area (Å²) in [6, 6.07) is 45.8. The second-order valence-corrected chi connectivity index (χ2v) is 13.6. The Kier molecular flexibility index (Phi) is 9.87. The molecular formula is C47H38N4S. The van der Waals surface area contributed by atoms with Gasteiger partial charge >= 0.3 is 0 Å². The van der Waals surface area contributed by atoms with Gasteiger partial charge in [0.15, 0.2) is 0 Å². The second kappa shape index (κ2) is 15.1. The van der Waals surface area contributed by atoms with Crippen LogP contribution in [0.4, 0.5) is 17.1 Å². The minimum atomic E-state index is 0.403. The van der Waals surface area contributed by atoms with Gasteiger partial charge in [-0.25, -0.2) is 0 Å². The lowest BCUT2D eigenvalue weighted by molar-refractivity contribution is 1.44. The molecule has 0 bridgehead atoms. The number of anilines is 3. The van der Waals surface area contributed by atoms with Gasteiger partial charge in [0.1, 0.15) is 0 Å². The number of aryl methyl sites for hydroxylation is 1. The Bertz CT molecular complexity index is 2520. The first kappa shape index (κ1) is 33.9. The average molecular weight is 691 g/mol. The number of benzene rings is 6. The Labute approximate surface area is 308 Å². The van der Waals surface area contributed by atoms with Crippen molar-refractivity contribution in [3.05, 3.63) is 193 Å². The zero-order valence-corrected chi connectivity index (χ0v) is 29.7. The van der Waals surface area contributed by atoms with Gasteiger partial charge in [0, 0.05) is 49.1 Å². The predicted octanol–water partition coefficient (Wildman–Crippen LogP) is 13.2. The fourth-order valence-electron chi connectivity index (χ4n) is 6.27. The van der Waals surface area contributed by atoms with Crippen LogP contribution < -0.4 is 10.6 Å². The van der Waals surface area contributed by atoms with E-state index in [0.717, 1.165) is 56.1 Å². The summed E-state index contributed by atoms with van der Waals surface area (Å²) in [5, 5.41) is 25.9. The van der Waals surface area contributed by atoms with E-state index < -0.39 is 0 Å². The third kappa shape index (κ3) is 7.31. The topological polar surface area (TPSA) is 71.8 Å². The summed E-state index contributed by atoms with van der Waals surface area (Å²) < 4.78 is 2.48. The maximum atomic E-state index is 9.11. The molecular weight excluding hydrogens is 653 g/mol. The molecule has 0 saturated carbocycles. The van der Waals surface area contributed by atoms with E-state index in [0.29, 0.717) is 5.71 Å². The van der Waals surface area contributed by atoms with E-state index in [-0.39, 0.29) is 0 Å². The van der Waals surface area contributed by atoms with E-state index in [4.69, 9.17) is 10.8 Å². The summed E-state index contributed by atoms with van der Waals surface area (Å²) in [7, 11) is 0. The molecule has 0 saturated heterocycles. The number of hydrogen-bond acceptors (Lipinski definition) is 5. The molecule has 7 rings (SSSR count). The van der Waals surface area contributed by atoms with Crippen molar-refractivity contribution >= 4 is 77.8 Å². The quantitative estimate of drug-likeness (QED) is 0.0761. The normalized spacial score (nSPS) is 11.5. The maximum Gasteiger partial charge on any atom is 0.0633 e. The molecule has 0 atom stereocenters. The van der Waals surface area contributed by atoms with Gasteiger partial charge in [0.25, 0.3) is 0 Å². The summed E-state index contributed by atoms with van der Waals surface area (Å²) in [5.74, 6) is 0. The van der Waals surface area contributed by atoms with Crippen molar-refractivity contribution in [1.82, 2.24) is 0 Å². The molecule has 0 amide bonds. The van der Waals surface area contributed by atoms with Crippen LogP contribution in [0.25, 0.3) is 48.6 Å². The molecule has 5 heteroatoms. The summed E-state index contributed by atoms with van der Waals surface area (Å²) in [5.41, 5.74) is 12.4. The fourth-order valence-corrected chi connectivity index (χ4v) is 7.49. The molecule has 52 heavy (non-hydrogen) atoms. The number of thiophene rings is 1. The molecule has 6 aromatic carbocycles. The number of allylic oxidation sites excluding steroid dienone is 4. The molecule has 0 unspecified atom stereocenters. The van der Waals surface area contributed by atoms with Crippen molar-refractivity contribution in [2.75, 3.05) is 10.6 Å². The van der Waals surface area contributed by atoms with Crippen LogP contribution >= 0.6 is 11.3 Å². The molecule has 0 fully saturated rings. The fraction of sp³-hybridized carbons (Fsp3) is 0.0213. The average Bonchev–Trinajstić information content (AvgIpc) is 3.56. The van der Waals surface area contributed by atoms with Crippen LogP contribution in [0.2, 0.25) is 0 Å². The van der Waals surface area contributed by atoms with Gasteiger partial charge in [0.2, 0.25) is 0 Å². The molecule has 1 aromatic heterocycles. The summed E-state index contributed by atoms with van der Waals surface area (Å²) in [4.78, 5) is 0. The van der Waals surface area contributed by atoms with E-state index in [2.05, 4.69) is 97.4 Å². The lowest BCUT2D eigenvalue weighted by atomic mass is 9.99. The molecule has 0 radical (unpaired) electrons. The van der Waals surface area contributed by atoms with E-state index in [1.165, 1.54) is 37.5 Å². The third-order valence-electron chi connectivity index (χ3n) is 9.01. The van der Waals surface area contributed by atoms with Crippen LogP contribution in [0.5, 0.6) is 0 Å². The molecule has 4 nitrogen and oxygen atoms in total. The maximum absolute atomic E-state index is 9.11. The van der Waals surface area contributed by atoms with Crippen molar-refractivity contribution in [2.45, 2.75) is 6.92 Å². The number of hydrogen-bond donors (Lipinski definition) is 4. The lowest BCUT2D eigenvalue weighted by Gasteiger charge is -2.13. The van der Waals surface area contributed by atoms with Crippen LogP contribution in [-0.2, 0) is 0 Å². The van der Waals surface area contributed by atoms with Crippen LogP contribution in [0.15, 0.2) is 165 Å². The Morgan fingerprint density at radius 2 is 1.48 bits per heavy atom. The zero-order chi connectivity index (χ0) is 36.0. The van der Waals surface area contributed by atoms with Crippen LogP contribution in [0, 0.1) is 17.7 Å². The van der Waals surface area contributed by atoms with Crippen LogP contribution in [-0.4, -0.2) is 11.9 Å². The van der Waals surface area contributed by atoms with Gasteiger partial charge in [0.05, 0.1) is 5.71 Å². The highest BCUT2D eigenvalue weighted by Gasteiger charge is 2.13. The molecule has 0 aliphatic heterocycles. The Balaban J connectivity index is 1.17. The zero-order valence-electron chi connectivity index (χ0n) is 28.9. The minimum Gasteiger partial charge on any atom is -0.355 e. The number of para-hydroxylation sites is 1. The van der Waals surface area contributed by atoms with Gasteiger partial charge in [-0.15, -0.1) is 11.3 Å². The van der Waals surface area contributed by atoms with E-state index >= 15 is 0 Å². The Morgan fingerprint density at radius 1 is 0.731 bits per heavy atom. The predicted molar refractivity (Wildman–Crippen MR) is 228 cm³/mol. The highest BCUT2D eigenvalue weighted by molar-refractivity contribution is 7.26. The van der Waals surface area contributed by atoms with Gasteiger partial charge < -0.3 is 21.5 Å². The van der Waals surface area contributed by atoms with Crippen molar-refractivity contribution in [3.63, 3.8) is 0 Å². The molecule has 0 aliphatic rings. The highest BCUT2D eigenvalue weighted by Crippen LogP contribution is 2.41. The number of rotatable bonds is 12. The SMILES string of the molecule is C=Cc1cc(C)ccc1Nc1ccc2sc3c(-c4ccc(C(=N)/C=C(\Nc5ccccc5)c5ccc(C(=C)/C=C\C=N)cc5)cc4)cccc3c2c1. The van der Waals surface area contributed by atoms with Gasteiger partial charge in [-0.3, -0.25) is 0 Å². The first-order valence-corrected chi connectivity index (χ1v) is 17.9. The Morgan fingerprint density at radius 3 is 2.23 bits per heavy atom. The lowest BCUT2D eigenvalue weighted by Crippen LogP contribution is -2.04. The molecule has 4 N–H and O–H groups in total. The largest absolute Gasteiger partial charge is 0.355 e. The summed E-state index contributed by atoms with van der Waals surface area (Å²) in [6.45, 7) is 10.2. The summed E-state index contributed by atoms with van der Waals surface area (Å²) in [6.07, 6.45) is 8.50. The van der Waals surface area contributed by atoms with Crippen molar-refractivity contribution in [2.24, 2.45) is 0 Å². The number of fused-ring (bicyclic) bond motifs is 3. The van der Waals surface area contributed by atoms with E-state index in [9.17, 15) is 0 Å². The highest BCUT2D eigenvalue weighted by atomic mass is 32.1. The first-order chi connectivity index (χ1) is 25.4. The molecule has 7 aromatic rings. The van der Waals surface area contributed by atoms with Crippen LogP contribution in [0.3, 0.4) is 0 Å². The van der Waals surface area contributed by atoms with Crippen LogP contribution in [0.1, 0.15) is 27.8 Å². The minimum absolute atomic E-state index is 0.403. The van der Waals surface area contributed by atoms with Gasteiger partial charge in [-0.05, 0) is 100 Å². The van der Waals surface area contributed by atoms with Crippen molar-refractivity contribution < 1.29 is 0 Å². The molecule has 252 valence electrons. The first-order valence-electron chi connectivity index (χ1n) is 17.1. The van der Waals surface area contributed by atoms with E-state index in [1.54, 1.807) is 6.08 Å². The van der Waals surface area contributed by atoms with Gasteiger partial charge in [-0.1, -0.05) is 122 Å². The molecule has 0 aliphatic carbocycles. The van der Waals surface area contributed by atoms with Crippen molar-refractivity contribution in [1.29, 1.82) is 10.8 Å². The molecule has 1 heterocycles. The number of nitrogens with one attached hydrogen (secondary N) is 4. The monoisotopic (exact) mass is 690 g/mol. The van der Waals surface area contributed by atoms with Gasteiger partial charge in [-0.2, -0.15) is 0 Å². The smallest absolute Gasteiger partial charge is 0.0633 e. The Hall–Kier alpha value is -6.56. The standard InChI is InChI=1S/C47H38N4S/c1-4-33-28-31(2)15-25-44(33)51-39-24-26-46-42(29-39)41-14-8-13-40(47(41)52-46)35-18-20-36(21-19-35)43(49)30-45(50-38-11-6-5-7-12-38)37-22-16-34(17-23-37)32(3)10-9-27-48/h4-30,48-51H,1,3H2,2H3/b10-9-,45-30-,48-27?,49-43?. The summed E-state index contributed by atoms with van der Waals surface area (Å²) >= 11 is 1.81. The second-order valence-electron chi connectivity index (χ2n) is 12.6. The van der Waals surface area contributed by atoms with Crippen molar-refractivity contribution in [3.8, 4) is 11.1 Å². The van der Waals surface area contributed by atoms with E-state index in [1.807, 2.05) is 96.3 Å². The molecule has 0 spiro atoms.